The highest BCUT2D eigenvalue weighted by Gasteiger charge is 2.20. The van der Waals surface area contributed by atoms with Crippen LogP contribution >= 0.6 is 0 Å². The van der Waals surface area contributed by atoms with E-state index in [0.717, 1.165) is 16.5 Å². The fourth-order valence-corrected chi connectivity index (χ4v) is 3.79. The van der Waals surface area contributed by atoms with E-state index in [4.69, 9.17) is 7.85 Å². The molecule has 0 N–H and O–H groups in total. The van der Waals surface area contributed by atoms with Crippen LogP contribution in [0.1, 0.15) is 11.1 Å². The van der Waals surface area contributed by atoms with Gasteiger partial charge in [-0.25, -0.2) is 12.4 Å². The standard InChI is InChI=1S/C16H14BNO2S/c1-12-6-8-14(9-7-12)21(19,20)18-11-13(10-17)15-4-2-3-5-16(15)18/h2-9,11H,10H2,1H3. The Kier molecular flexibility index (Phi) is 3.37. The van der Waals surface area contributed by atoms with E-state index in [0.29, 0.717) is 11.8 Å². The van der Waals surface area contributed by atoms with E-state index < -0.39 is 10.0 Å². The summed E-state index contributed by atoms with van der Waals surface area (Å²) in [6.07, 6.45) is 1.91. The number of rotatable bonds is 3. The molecule has 3 aromatic rings. The summed E-state index contributed by atoms with van der Waals surface area (Å²) in [5.41, 5.74) is 2.49. The number of nitrogens with zero attached hydrogens (tertiary/aromatic N) is 1. The van der Waals surface area contributed by atoms with Gasteiger partial charge in [0.05, 0.1) is 18.3 Å². The van der Waals surface area contributed by atoms with Crippen LogP contribution < -0.4 is 0 Å². The molecular weight excluding hydrogens is 281 g/mol. The van der Waals surface area contributed by atoms with Gasteiger partial charge in [0.15, 0.2) is 0 Å². The average molecular weight is 295 g/mol. The lowest BCUT2D eigenvalue weighted by molar-refractivity contribution is 0.589. The molecule has 0 atom stereocenters. The van der Waals surface area contributed by atoms with Crippen molar-refractivity contribution in [2.75, 3.05) is 0 Å². The van der Waals surface area contributed by atoms with Crippen LogP contribution in [0.4, 0.5) is 0 Å². The summed E-state index contributed by atoms with van der Waals surface area (Å²) >= 11 is 0. The zero-order valence-electron chi connectivity index (χ0n) is 11.7. The Morgan fingerprint density at radius 1 is 1.05 bits per heavy atom. The maximum atomic E-state index is 12.8. The molecule has 5 heteroatoms. The molecule has 0 aliphatic carbocycles. The highest BCUT2D eigenvalue weighted by Crippen LogP contribution is 2.26. The first-order valence-corrected chi connectivity index (χ1v) is 8.09. The van der Waals surface area contributed by atoms with E-state index in [1.165, 1.54) is 3.97 Å². The van der Waals surface area contributed by atoms with E-state index in [1.54, 1.807) is 36.5 Å². The predicted octanol–water partition coefficient (Wildman–Crippen LogP) is 2.86. The Labute approximate surface area is 125 Å². The molecule has 1 heterocycles. The maximum Gasteiger partial charge on any atom is 0.268 e. The van der Waals surface area contributed by atoms with Gasteiger partial charge in [0.25, 0.3) is 10.0 Å². The number of hydrogen-bond acceptors (Lipinski definition) is 2. The van der Waals surface area contributed by atoms with E-state index in [-0.39, 0.29) is 4.90 Å². The van der Waals surface area contributed by atoms with Crippen molar-refractivity contribution >= 4 is 28.8 Å². The first-order chi connectivity index (χ1) is 10.0. The number of para-hydroxylation sites is 1. The van der Waals surface area contributed by atoms with Crippen LogP contribution in [0.2, 0.25) is 0 Å². The van der Waals surface area contributed by atoms with E-state index in [1.807, 2.05) is 25.1 Å². The highest BCUT2D eigenvalue weighted by molar-refractivity contribution is 7.90. The van der Waals surface area contributed by atoms with E-state index in [2.05, 4.69) is 0 Å². The zero-order chi connectivity index (χ0) is 15.0. The second kappa shape index (κ2) is 5.08. The van der Waals surface area contributed by atoms with Gasteiger partial charge in [-0.05, 0) is 30.7 Å². The summed E-state index contributed by atoms with van der Waals surface area (Å²) in [6, 6.07) is 14.2. The average Bonchev–Trinajstić information content (AvgIpc) is 2.87. The third-order valence-corrected chi connectivity index (χ3v) is 5.25. The largest absolute Gasteiger partial charge is 0.268 e. The van der Waals surface area contributed by atoms with Crippen molar-refractivity contribution < 1.29 is 8.42 Å². The third kappa shape index (κ3) is 2.27. The Morgan fingerprint density at radius 2 is 1.71 bits per heavy atom. The Bertz CT molecular complexity index is 896. The minimum absolute atomic E-state index is 0.275. The lowest BCUT2D eigenvalue weighted by Crippen LogP contribution is -2.11. The molecule has 104 valence electrons. The summed E-state index contributed by atoms with van der Waals surface area (Å²) < 4.78 is 26.9. The van der Waals surface area contributed by atoms with Crippen molar-refractivity contribution in [2.45, 2.75) is 18.1 Å². The van der Waals surface area contributed by atoms with E-state index >= 15 is 0 Å². The number of hydrogen-bond donors (Lipinski definition) is 0. The smallest absolute Gasteiger partial charge is 0.241 e. The van der Waals surface area contributed by atoms with Crippen molar-refractivity contribution in [3.8, 4) is 0 Å². The van der Waals surface area contributed by atoms with Crippen molar-refractivity contribution in [1.82, 2.24) is 3.97 Å². The first kappa shape index (κ1) is 14.0. The second-order valence-corrected chi connectivity index (χ2v) is 6.80. The maximum absolute atomic E-state index is 12.8. The summed E-state index contributed by atoms with van der Waals surface area (Å²) in [4.78, 5) is 0.275. The molecule has 2 radical (unpaired) electrons. The van der Waals surface area contributed by atoms with Gasteiger partial charge < -0.3 is 0 Å². The van der Waals surface area contributed by atoms with Gasteiger partial charge in [-0.1, -0.05) is 42.2 Å². The highest BCUT2D eigenvalue weighted by atomic mass is 32.2. The minimum atomic E-state index is -3.61. The monoisotopic (exact) mass is 295 g/mol. The first-order valence-electron chi connectivity index (χ1n) is 6.65. The topological polar surface area (TPSA) is 39.1 Å². The molecule has 2 aromatic carbocycles. The summed E-state index contributed by atoms with van der Waals surface area (Å²) in [7, 11) is 2.11. The van der Waals surface area contributed by atoms with Crippen LogP contribution in [-0.4, -0.2) is 20.2 Å². The molecular formula is C16H14BNO2S. The molecule has 0 saturated heterocycles. The Morgan fingerprint density at radius 3 is 2.38 bits per heavy atom. The molecule has 0 amide bonds. The van der Waals surface area contributed by atoms with Crippen LogP contribution in [0.5, 0.6) is 0 Å². The molecule has 0 saturated carbocycles. The molecule has 0 bridgehead atoms. The molecule has 0 aliphatic heterocycles. The molecule has 0 unspecified atom stereocenters. The summed E-state index contributed by atoms with van der Waals surface area (Å²) in [6.45, 7) is 1.92. The molecule has 3 nitrogen and oxygen atoms in total. The van der Waals surface area contributed by atoms with E-state index in [9.17, 15) is 8.42 Å². The molecule has 0 aliphatic rings. The Hall–Kier alpha value is -2.01. The van der Waals surface area contributed by atoms with Crippen molar-refractivity contribution in [3.63, 3.8) is 0 Å². The number of benzene rings is 2. The minimum Gasteiger partial charge on any atom is -0.241 e. The lowest BCUT2D eigenvalue weighted by Gasteiger charge is -2.07. The fraction of sp³-hybridized carbons (Fsp3) is 0.125. The SMILES string of the molecule is [B]Cc1cn(S(=O)(=O)c2ccc(C)cc2)c2ccccc12. The van der Waals surface area contributed by atoms with Crippen LogP contribution in [-0.2, 0) is 16.3 Å². The van der Waals surface area contributed by atoms with Crippen LogP contribution in [0, 0.1) is 6.92 Å². The van der Waals surface area contributed by atoms with Gasteiger partial charge in [-0.2, -0.15) is 0 Å². The van der Waals surface area contributed by atoms with Crippen molar-refractivity contribution in [2.24, 2.45) is 0 Å². The normalized spacial score (nSPS) is 11.9. The summed E-state index contributed by atoms with van der Waals surface area (Å²) in [5.74, 6) is 0. The van der Waals surface area contributed by atoms with Crippen LogP contribution in [0.3, 0.4) is 0 Å². The molecule has 21 heavy (non-hydrogen) atoms. The Balaban J connectivity index is 2.26. The quantitative estimate of drug-likeness (QED) is 0.697. The lowest BCUT2D eigenvalue weighted by atomic mass is 9.97. The van der Waals surface area contributed by atoms with Crippen LogP contribution in [0.25, 0.3) is 10.9 Å². The summed E-state index contributed by atoms with van der Waals surface area (Å²) in [5, 5.41) is 0.871. The number of aryl methyl sites for hydroxylation is 1. The number of aromatic nitrogens is 1. The van der Waals surface area contributed by atoms with Gasteiger partial charge in [0.1, 0.15) is 0 Å². The molecule has 0 spiro atoms. The zero-order valence-corrected chi connectivity index (χ0v) is 12.5. The predicted molar refractivity (Wildman–Crippen MR) is 85.2 cm³/mol. The fourth-order valence-electron chi connectivity index (χ4n) is 2.40. The van der Waals surface area contributed by atoms with Crippen molar-refractivity contribution in [3.05, 3.63) is 65.9 Å². The van der Waals surface area contributed by atoms with Gasteiger partial charge >= 0.3 is 0 Å². The second-order valence-electron chi connectivity index (χ2n) is 4.99. The van der Waals surface area contributed by atoms with Crippen molar-refractivity contribution in [1.29, 1.82) is 0 Å². The molecule has 3 rings (SSSR count). The van der Waals surface area contributed by atoms with Gasteiger partial charge in [0, 0.05) is 11.6 Å². The molecule has 1 aromatic heterocycles. The number of fused-ring (bicyclic) bond motifs is 1. The van der Waals surface area contributed by atoms with Crippen LogP contribution in [0.15, 0.2) is 59.6 Å². The third-order valence-electron chi connectivity index (χ3n) is 3.56. The van der Waals surface area contributed by atoms with Gasteiger partial charge in [-0.15, -0.1) is 0 Å². The molecule has 0 fully saturated rings. The van der Waals surface area contributed by atoms with Gasteiger partial charge in [0.2, 0.25) is 0 Å². The van der Waals surface area contributed by atoms with Gasteiger partial charge in [-0.3, -0.25) is 0 Å².